The lowest BCUT2D eigenvalue weighted by Crippen LogP contribution is -2.40. The molecule has 0 atom stereocenters. The lowest BCUT2D eigenvalue weighted by molar-refractivity contribution is -0.674. The van der Waals surface area contributed by atoms with Crippen molar-refractivity contribution in [2.24, 2.45) is 50.0 Å². The molecule has 0 amide bonds. The molecule has 8 nitrogen and oxygen atoms in total. The Kier molecular flexibility index (Phi) is 6.16. The van der Waals surface area contributed by atoms with Crippen LogP contribution >= 0.6 is 0 Å². The molecule has 2 aromatic rings. The Morgan fingerprint density at radius 3 is 1.50 bits per heavy atom. The van der Waals surface area contributed by atoms with Crippen molar-refractivity contribution in [3.63, 3.8) is 0 Å². The molecule has 0 N–H and O–H groups in total. The monoisotopic (exact) mass is 386 g/mol. The van der Waals surface area contributed by atoms with Gasteiger partial charge in [0.25, 0.3) is 11.6 Å². The molecule has 1 saturated carbocycles. The molecule has 3 rings (SSSR count). The summed E-state index contributed by atoms with van der Waals surface area (Å²) in [6.45, 7) is 1.15. The van der Waals surface area contributed by atoms with Crippen LogP contribution in [0.15, 0.2) is 34.8 Å². The zero-order valence-corrected chi connectivity index (χ0v) is 17.2. The zero-order chi connectivity index (χ0) is 20.3. The van der Waals surface area contributed by atoms with Gasteiger partial charge in [-0.3, -0.25) is 9.98 Å². The molecular formula is C20H30N6O2. The second-order valence-corrected chi connectivity index (χ2v) is 7.87. The molecule has 0 bridgehead atoms. The summed E-state index contributed by atoms with van der Waals surface area (Å²) in [5.74, 6) is 1.75. The second-order valence-electron chi connectivity index (χ2n) is 7.87. The van der Waals surface area contributed by atoms with Crippen LogP contribution in [0, 0.1) is 11.8 Å². The fourth-order valence-electron chi connectivity index (χ4n) is 3.95. The number of aromatic nitrogens is 4. The summed E-state index contributed by atoms with van der Waals surface area (Å²) in [4.78, 5) is 8.60. The molecule has 2 aromatic heterocycles. The van der Waals surface area contributed by atoms with Gasteiger partial charge in [0.05, 0.1) is 40.0 Å². The van der Waals surface area contributed by atoms with Gasteiger partial charge in [0, 0.05) is 13.1 Å². The second kappa shape index (κ2) is 8.58. The molecular weight excluding hydrogens is 356 g/mol. The highest BCUT2D eigenvalue weighted by atomic mass is 16.3. The zero-order valence-electron chi connectivity index (χ0n) is 17.2. The average Bonchev–Trinajstić information content (AvgIpc) is 3.19. The van der Waals surface area contributed by atoms with Crippen LogP contribution in [0.3, 0.4) is 0 Å². The summed E-state index contributed by atoms with van der Waals surface area (Å²) >= 11 is 0. The number of imidazole rings is 2. The molecule has 0 aromatic carbocycles. The van der Waals surface area contributed by atoms with Crippen LogP contribution in [0.25, 0.3) is 0 Å². The number of hydrogen-bond acceptors (Lipinski definition) is 4. The highest BCUT2D eigenvalue weighted by Gasteiger charge is 2.21. The largest absolute Gasteiger partial charge is 0.853 e. The summed E-state index contributed by atoms with van der Waals surface area (Å²) in [6, 6.07) is 0. The molecule has 0 aliphatic heterocycles. The minimum Gasteiger partial charge on any atom is -0.853 e. The summed E-state index contributed by atoms with van der Waals surface area (Å²) < 4.78 is 7.20. The first kappa shape index (κ1) is 20.1. The van der Waals surface area contributed by atoms with Gasteiger partial charge in [-0.1, -0.05) is 0 Å². The third-order valence-electron chi connectivity index (χ3n) is 5.70. The maximum atomic E-state index is 12.3. The Balaban J connectivity index is 1.50. The minimum atomic E-state index is -0.159. The van der Waals surface area contributed by atoms with Crippen molar-refractivity contribution in [1.82, 2.24) is 9.13 Å². The highest BCUT2D eigenvalue weighted by Crippen LogP contribution is 2.29. The predicted octanol–water partition coefficient (Wildman–Crippen LogP) is -1.27. The van der Waals surface area contributed by atoms with Gasteiger partial charge < -0.3 is 10.2 Å². The van der Waals surface area contributed by atoms with E-state index in [1.165, 1.54) is 0 Å². The number of aliphatic imine (C=N–C) groups is 2. The third kappa shape index (κ3) is 4.43. The average molecular weight is 387 g/mol. The smallest absolute Gasteiger partial charge is 0.291 e. The van der Waals surface area contributed by atoms with Crippen molar-refractivity contribution < 1.29 is 19.3 Å². The highest BCUT2D eigenvalue weighted by molar-refractivity contribution is 5.85. The van der Waals surface area contributed by atoms with Gasteiger partial charge in [-0.15, -0.1) is 0 Å². The van der Waals surface area contributed by atoms with E-state index in [9.17, 15) is 10.2 Å². The third-order valence-corrected chi connectivity index (χ3v) is 5.70. The van der Waals surface area contributed by atoms with Crippen LogP contribution in [0.5, 0.6) is 0 Å². The Labute approximate surface area is 166 Å². The normalized spacial score (nSPS) is 21.3. The van der Waals surface area contributed by atoms with Gasteiger partial charge in [0.1, 0.15) is 24.8 Å². The topological polar surface area (TPSA) is 88.5 Å². The Morgan fingerprint density at radius 2 is 1.21 bits per heavy atom. The van der Waals surface area contributed by atoms with E-state index in [0.29, 0.717) is 36.6 Å². The lowest BCUT2D eigenvalue weighted by Gasteiger charge is -2.27. The lowest BCUT2D eigenvalue weighted by atomic mass is 9.82. The van der Waals surface area contributed by atoms with Gasteiger partial charge >= 0.3 is 0 Å². The van der Waals surface area contributed by atoms with Crippen LogP contribution in [0.4, 0.5) is 0 Å². The van der Waals surface area contributed by atoms with Crippen LogP contribution < -0.4 is 19.3 Å². The summed E-state index contributed by atoms with van der Waals surface area (Å²) in [7, 11) is 7.42. The molecule has 2 heterocycles. The van der Waals surface area contributed by atoms with E-state index in [-0.39, 0.29) is 11.8 Å². The van der Waals surface area contributed by atoms with Crippen molar-refractivity contribution >= 4 is 11.8 Å². The molecule has 0 unspecified atom stereocenters. The number of aryl methyl sites for hydroxylation is 4. The van der Waals surface area contributed by atoms with Gasteiger partial charge in [-0.2, -0.15) is 0 Å². The van der Waals surface area contributed by atoms with E-state index < -0.39 is 0 Å². The van der Waals surface area contributed by atoms with E-state index in [2.05, 4.69) is 9.98 Å². The number of nitrogens with zero attached hydrogens (tertiary/aromatic N) is 6. The van der Waals surface area contributed by atoms with Crippen LogP contribution in [-0.2, 0) is 28.2 Å². The van der Waals surface area contributed by atoms with Crippen molar-refractivity contribution in [1.29, 1.82) is 0 Å². The van der Waals surface area contributed by atoms with E-state index in [4.69, 9.17) is 0 Å². The van der Waals surface area contributed by atoms with E-state index in [0.717, 1.165) is 25.7 Å². The van der Waals surface area contributed by atoms with E-state index >= 15 is 0 Å². The van der Waals surface area contributed by atoms with Crippen molar-refractivity contribution in [2.45, 2.75) is 25.7 Å². The van der Waals surface area contributed by atoms with Gasteiger partial charge in [-0.25, -0.2) is 18.3 Å². The first-order valence-corrected chi connectivity index (χ1v) is 9.82. The molecule has 1 aliphatic rings. The molecule has 1 fully saturated rings. The first-order valence-electron chi connectivity index (χ1n) is 9.82. The van der Waals surface area contributed by atoms with Crippen LogP contribution in [0.1, 0.15) is 37.3 Å². The molecule has 152 valence electrons. The van der Waals surface area contributed by atoms with Crippen molar-refractivity contribution in [2.75, 3.05) is 13.1 Å². The Bertz CT molecular complexity index is 760. The standard InChI is InChI=1S/C20H30N6O2/c1-23-9-10-24(2)19(23)17(27)21-13-15-5-7-16(8-6-15)14-22-18(28)20-25(3)11-12-26(20)4/h9-12,15-16H,5-8,13-14H2,1-4H3. The van der Waals surface area contributed by atoms with E-state index in [1.54, 1.807) is 18.3 Å². The minimum absolute atomic E-state index is 0.159. The molecule has 0 saturated heterocycles. The van der Waals surface area contributed by atoms with Crippen molar-refractivity contribution in [3.05, 3.63) is 36.4 Å². The quantitative estimate of drug-likeness (QED) is 0.352. The Hall–Kier alpha value is -2.64. The maximum Gasteiger partial charge on any atom is 0.291 e. The van der Waals surface area contributed by atoms with E-state index in [1.807, 2.05) is 53.0 Å². The fraction of sp³-hybridized carbons (Fsp3) is 0.600. The maximum absolute atomic E-state index is 12.3. The van der Waals surface area contributed by atoms with Gasteiger partial charge in [0.15, 0.2) is 0 Å². The van der Waals surface area contributed by atoms with Crippen LogP contribution in [0.2, 0.25) is 0 Å². The summed E-state index contributed by atoms with van der Waals surface area (Å²) in [6.07, 6.45) is 11.5. The molecule has 28 heavy (non-hydrogen) atoms. The first-order chi connectivity index (χ1) is 13.4. The predicted molar refractivity (Wildman–Crippen MR) is 101 cm³/mol. The number of hydrogen-bond donors (Lipinski definition) is 0. The Morgan fingerprint density at radius 1 is 0.857 bits per heavy atom. The fourth-order valence-corrected chi connectivity index (χ4v) is 3.95. The SMILES string of the molecule is Cn1cc[n+](C)c1/C([O-])=N/CC1CCC(C/N=C(\[O-])c2n(C)cc[n+]2C)CC1. The molecule has 8 heteroatoms. The summed E-state index contributed by atoms with van der Waals surface area (Å²) in [5, 5.41) is 24.7. The van der Waals surface area contributed by atoms with Gasteiger partial charge in [-0.05, 0) is 37.5 Å². The van der Waals surface area contributed by atoms with Crippen LogP contribution in [-0.4, -0.2) is 34.0 Å². The summed E-state index contributed by atoms with van der Waals surface area (Å²) in [5.41, 5.74) is 0. The molecule has 0 radical (unpaired) electrons. The van der Waals surface area contributed by atoms with Gasteiger partial charge in [0.2, 0.25) is 0 Å². The van der Waals surface area contributed by atoms with Crippen molar-refractivity contribution in [3.8, 4) is 0 Å². The molecule has 1 aliphatic carbocycles. The number of rotatable bonds is 6. The molecule has 0 spiro atoms.